The molecule has 0 saturated carbocycles. The van der Waals surface area contributed by atoms with Crippen LogP contribution in [0.25, 0.3) is 0 Å². The van der Waals surface area contributed by atoms with Crippen molar-refractivity contribution < 1.29 is 14.3 Å². The topological polar surface area (TPSA) is 79.2 Å². The smallest absolute Gasteiger partial charge is 0.249 e. The number of nitriles is 1. The number of methoxy groups -OCH3 is 1. The summed E-state index contributed by atoms with van der Waals surface area (Å²) in [5, 5.41) is 13.8. The van der Waals surface area contributed by atoms with Crippen molar-refractivity contribution in [3.63, 3.8) is 0 Å². The first-order chi connectivity index (χ1) is 11.0. The molecule has 0 saturated heterocycles. The Bertz CT molecular complexity index is 795. The van der Waals surface area contributed by atoms with E-state index < -0.39 is 17.6 Å². The predicted molar refractivity (Wildman–Crippen MR) is 89.1 cm³/mol. The predicted octanol–water partition coefficient (Wildman–Crippen LogP) is 3.68. The lowest BCUT2D eigenvalue weighted by atomic mass is 10.0. The summed E-state index contributed by atoms with van der Waals surface area (Å²) < 4.78 is 5.02. The third-order valence-corrected chi connectivity index (χ3v) is 4.49. The van der Waals surface area contributed by atoms with E-state index in [1.807, 2.05) is 0 Å². The number of anilines is 1. The van der Waals surface area contributed by atoms with E-state index in [0.717, 1.165) is 5.56 Å². The first kappa shape index (κ1) is 17.0. The first-order valence-corrected chi connectivity index (χ1v) is 7.86. The van der Waals surface area contributed by atoms with Crippen molar-refractivity contribution in [1.82, 2.24) is 0 Å². The number of nitrogens with one attached hydrogen (secondary N) is 1. The number of benzene rings is 1. The van der Waals surface area contributed by atoms with E-state index in [9.17, 15) is 14.9 Å². The summed E-state index contributed by atoms with van der Waals surface area (Å²) in [4.78, 5) is 25.0. The number of aryl methyl sites for hydroxylation is 1. The van der Waals surface area contributed by atoms with Gasteiger partial charge in [0.1, 0.15) is 5.75 Å². The lowest BCUT2D eigenvalue weighted by Crippen LogP contribution is -2.28. The second-order valence-electron chi connectivity index (χ2n) is 4.70. The summed E-state index contributed by atoms with van der Waals surface area (Å²) in [5.74, 6) is -2.14. The van der Waals surface area contributed by atoms with E-state index in [0.29, 0.717) is 21.3 Å². The van der Waals surface area contributed by atoms with Crippen LogP contribution in [0.4, 0.5) is 5.69 Å². The number of Topliss-reactive ketones (excluding diaryl/α,β-unsaturated/α-hetero) is 1. The van der Waals surface area contributed by atoms with Gasteiger partial charge >= 0.3 is 0 Å². The number of thiophene rings is 1. The van der Waals surface area contributed by atoms with Crippen LogP contribution in [0.3, 0.4) is 0 Å². The average molecular weight is 349 g/mol. The number of carbonyl (C=O) groups is 2. The summed E-state index contributed by atoms with van der Waals surface area (Å²) in [6.07, 6.45) is 0. The Labute approximate surface area is 142 Å². The molecule has 2 aromatic rings. The number of hydrogen-bond acceptors (Lipinski definition) is 5. The largest absolute Gasteiger partial charge is 0.495 e. The number of rotatable bonds is 5. The van der Waals surface area contributed by atoms with E-state index in [4.69, 9.17) is 16.3 Å². The molecule has 1 aromatic heterocycles. The van der Waals surface area contributed by atoms with Crippen LogP contribution in [0, 0.1) is 24.2 Å². The first-order valence-electron chi connectivity index (χ1n) is 6.60. The number of carbonyl (C=O) groups excluding carboxylic acids is 2. The zero-order valence-electron chi connectivity index (χ0n) is 12.4. The van der Waals surface area contributed by atoms with Crippen LogP contribution in [0.15, 0.2) is 29.6 Å². The van der Waals surface area contributed by atoms with Crippen LogP contribution < -0.4 is 10.1 Å². The van der Waals surface area contributed by atoms with Gasteiger partial charge in [0.15, 0.2) is 11.7 Å². The molecule has 0 aliphatic heterocycles. The molecule has 0 spiro atoms. The van der Waals surface area contributed by atoms with E-state index >= 15 is 0 Å². The molecule has 2 rings (SSSR count). The van der Waals surface area contributed by atoms with Crippen molar-refractivity contribution in [2.45, 2.75) is 6.92 Å². The molecule has 0 bridgehead atoms. The van der Waals surface area contributed by atoms with Gasteiger partial charge in [0.25, 0.3) is 0 Å². The van der Waals surface area contributed by atoms with Gasteiger partial charge in [0, 0.05) is 5.69 Å². The fraction of sp³-hybridized carbons (Fsp3) is 0.188. The second-order valence-corrected chi connectivity index (χ2v) is 6.02. The standard InChI is InChI=1S/C16H13ClN2O3S/c1-9-5-6-23-15(9)14(20)11(8-18)16(21)19-10-3-4-13(22-2)12(17)7-10/h3-7,11H,1-2H3,(H,19,21)/t11-/m0/s1. The maximum atomic E-state index is 12.3. The normalized spacial score (nSPS) is 11.4. The highest BCUT2D eigenvalue weighted by molar-refractivity contribution is 7.12. The molecule has 0 radical (unpaired) electrons. The number of nitrogens with zero attached hydrogens (tertiary/aromatic N) is 1. The summed E-state index contributed by atoms with van der Waals surface area (Å²) in [6, 6.07) is 8.20. The van der Waals surface area contributed by atoms with Crippen molar-refractivity contribution in [1.29, 1.82) is 5.26 Å². The summed E-state index contributed by atoms with van der Waals surface area (Å²) in [7, 11) is 1.48. The molecule has 1 N–H and O–H groups in total. The molecule has 0 aliphatic rings. The number of amides is 1. The van der Waals surface area contributed by atoms with Gasteiger partial charge in [-0.3, -0.25) is 9.59 Å². The lowest BCUT2D eigenvalue weighted by Gasteiger charge is -2.11. The fourth-order valence-corrected chi connectivity index (χ4v) is 3.11. The molecule has 23 heavy (non-hydrogen) atoms. The molecule has 0 fully saturated rings. The second kappa shape index (κ2) is 7.27. The zero-order chi connectivity index (χ0) is 17.0. The third kappa shape index (κ3) is 3.70. The molecule has 1 atom stereocenters. The van der Waals surface area contributed by atoms with Crippen LogP contribution in [0.1, 0.15) is 15.2 Å². The number of ether oxygens (including phenoxy) is 1. The van der Waals surface area contributed by atoms with Crippen molar-refractivity contribution in [3.05, 3.63) is 45.1 Å². The molecule has 0 aliphatic carbocycles. The molecule has 118 valence electrons. The summed E-state index contributed by atoms with van der Waals surface area (Å²) >= 11 is 7.20. The minimum Gasteiger partial charge on any atom is -0.495 e. The average Bonchev–Trinajstić information content (AvgIpc) is 2.94. The Hall–Kier alpha value is -2.36. The Balaban J connectivity index is 2.18. The van der Waals surface area contributed by atoms with Crippen molar-refractivity contribution in [2.75, 3.05) is 12.4 Å². The Morgan fingerprint density at radius 1 is 1.39 bits per heavy atom. The summed E-state index contributed by atoms with van der Waals surface area (Å²) in [6.45, 7) is 1.76. The molecule has 1 heterocycles. The van der Waals surface area contributed by atoms with Crippen LogP contribution >= 0.6 is 22.9 Å². The van der Waals surface area contributed by atoms with Crippen molar-refractivity contribution in [3.8, 4) is 11.8 Å². The highest BCUT2D eigenvalue weighted by Gasteiger charge is 2.29. The van der Waals surface area contributed by atoms with Gasteiger partial charge in [-0.15, -0.1) is 11.3 Å². The fourth-order valence-electron chi connectivity index (χ4n) is 1.95. The number of halogens is 1. The number of ketones is 1. The Morgan fingerprint density at radius 3 is 2.65 bits per heavy atom. The molecular weight excluding hydrogens is 336 g/mol. The van der Waals surface area contributed by atoms with Crippen LogP contribution in [-0.4, -0.2) is 18.8 Å². The van der Waals surface area contributed by atoms with Crippen molar-refractivity contribution >= 4 is 40.3 Å². The minimum atomic E-state index is -1.41. The quantitative estimate of drug-likeness (QED) is 0.660. The van der Waals surface area contributed by atoms with E-state index in [-0.39, 0.29) is 0 Å². The minimum absolute atomic E-state index is 0.319. The van der Waals surface area contributed by atoms with Crippen LogP contribution in [0.2, 0.25) is 5.02 Å². The molecule has 1 aromatic carbocycles. The van der Waals surface area contributed by atoms with Crippen LogP contribution in [0.5, 0.6) is 5.75 Å². The van der Waals surface area contributed by atoms with E-state index in [1.165, 1.54) is 24.5 Å². The molecule has 1 amide bonds. The maximum absolute atomic E-state index is 12.3. The van der Waals surface area contributed by atoms with Crippen LogP contribution in [-0.2, 0) is 4.79 Å². The SMILES string of the molecule is COc1ccc(NC(=O)[C@@H](C#N)C(=O)c2sccc2C)cc1Cl. The maximum Gasteiger partial charge on any atom is 0.249 e. The third-order valence-electron chi connectivity index (χ3n) is 3.16. The molecule has 7 heteroatoms. The molecular formula is C16H13ClN2O3S. The van der Waals surface area contributed by atoms with Gasteiger partial charge in [0.05, 0.1) is 23.1 Å². The van der Waals surface area contributed by atoms with E-state index in [1.54, 1.807) is 36.6 Å². The molecule has 0 unspecified atom stereocenters. The van der Waals surface area contributed by atoms with Gasteiger partial charge in [-0.05, 0) is 42.1 Å². The van der Waals surface area contributed by atoms with Gasteiger partial charge in [-0.25, -0.2) is 0 Å². The Morgan fingerprint density at radius 2 is 2.13 bits per heavy atom. The molecule has 5 nitrogen and oxygen atoms in total. The highest BCUT2D eigenvalue weighted by Crippen LogP contribution is 2.28. The van der Waals surface area contributed by atoms with Gasteiger partial charge < -0.3 is 10.1 Å². The lowest BCUT2D eigenvalue weighted by molar-refractivity contribution is -0.117. The monoisotopic (exact) mass is 348 g/mol. The zero-order valence-corrected chi connectivity index (χ0v) is 14.0. The van der Waals surface area contributed by atoms with Crippen molar-refractivity contribution in [2.24, 2.45) is 5.92 Å². The highest BCUT2D eigenvalue weighted by atomic mass is 35.5. The Kier molecular flexibility index (Phi) is 5.37. The van der Waals surface area contributed by atoms with Gasteiger partial charge in [0.2, 0.25) is 5.91 Å². The van der Waals surface area contributed by atoms with Gasteiger partial charge in [-0.1, -0.05) is 11.6 Å². The van der Waals surface area contributed by atoms with Gasteiger partial charge in [-0.2, -0.15) is 5.26 Å². The van der Waals surface area contributed by atoms with E-state index in [2.05, 4.69) is 5.32 Å². The number of hydrogen-bond donors (Lipinski definition) is 1. The summed E-state index contributed by atoms with van der Waals surface area (Å²) in [5.41, 5.74) is 1.14.